The Balaban J connectivity index is 2.38. The second-order valence-electron chi connectivity index (χ2n) is 3.06. The number of hydrogen-bond acceptors (Lipinski definition) is 2. The van der Waals surface area contributed by atoms with Gasteiger partial charge in [0.05, 0.1) is 10.4 Å². The van der Waals surface area contributed by atoms with Crippen molar-refractivity contribution in [2.24, 2.45) is 0 Å². The average molecular weight is 253 g/mol. The van der Waals surface area contributed by atoms with Gasteiger partial charge in [-0.25, -0.2) is 4.79 Å². The zero-order chi connectivity index (χ0) is 9.97. The second kappa shape index (κ2) is 3.96. The molecule has 1 aliphatic heterocycles. The Hall–Kier alpha value is -1.09. The summed E-state index contributed by atoms with van der Waals surface area (Å²) in [4.78, 5) is 11.5. The molecule has 14 heavy (non-hydrogen) atoms. The van der Waals surface area contributed by atoms with Crippen LogP contribution in [0.1, 0.15) is 5.56 Å². The zero-order valence-electron chi connectivity index (χ0n) is 7.44. The van der Waals surface area contributed by atoms with Gasteiger partial charge in [0.2, 0.25) is 0 Å². The Labute approximate surface area is 90.7 Å². The van der Waals surface area contributed by atoms with Gasteiger partial charge in [0.1, 0.15) is 6.61 Å². The molecule has 2 nitrogen and oxygen atoms in total. The van der Waals surface area contributed by atoms with E-state index < -0.39 is 0 Å². The van der Waals surface area contributed by atoms with Gasteiger partial charge in [0.15, 0.2) is 0 Å². The van der Waals surface area contributed by atoms with Gasteiger partial charge in [-0.2, -0.15) is 0 Å². The molecule has 0 N–H and O–H groups in total. The molecule has 0 saturated carbocycles. The molecule has 3 heteroatoms. The fourth-order valence-electron chi connectivity index (χ4n) is 1.36. The van der Waals surface area contributed by atoms with E-state index in [1.165, 1.54) is 0 Å². The van der Waals surface area contributed by atoms with Gasteiger partial charge in [-0.3, -0.25) is 0 Å². The first-order valence-electron chi connectivity index (χ1n) is 4.36. The lowest BCUT2D eigenvalue weighted by molar-refractivity contribution is -0.136. The van der Waals surface area contributed by atoms with Crippen LogP contribution in [-0.2, 0) is 9.53 Å². The number of halogens is 1. The third-order valence-corrected chi connectivity index (χ3v) is 2.55. The minimum absolute atomic E-state index is 0.121. The van der Waals surface area contributed by atoms with Gasteiger partial charge >= 0.3 is 5.97 Å². The van der Waals surface area contributed by atoms with E-state index in [1.54, 1.807) is 0 Å². The molecule has 0 aromatic heterocycles. The highest BCUT2D eigenvalue weighted by Crippen LogP contribution is 2.22. The molecule has 1 unspecified atom stereocenters. The van der Waals surface area contributed by atoms with Crippen LogP contribution < -0.4 is 0 Å². The predicted molar refractivity (Wildman–Crippen MR) is 58.1 cm³/mol. The van der Waals surface area contributed by atoms with Crippen LogP contribution in [0.25, 0.3) is 5.57 Å². The number of cyclic esters (lactones) is 1. The van der Waals surface area contributed by atoms with Crippen LogP contribution in [0.15, 0.2) is 36.4 Å². The van der Waals surface area contributed by atoms with Crippen LogP contribution in [0.3, 0.4) is 0 Å². The lowest BCUT2D eigenvalue weighted by Gasteiger charge is -2.16. The number of carbonyl (C=O) groups is 1. The Morgan fingerprint density at radius 2 is 2.00 bits per heavy atom. The molecule has 0 radical (unpaired) electrons. The molecular formula is C11H9BrO2. The molecule has 1 aliphatic rings. The minimum atomic E-state index is -0.244. The maximum absolute atomic E-state index is 11.4. The fourth-order valence-corrected chi connectivity index (χ4v) is 1.76. The van der Waals surface area contributed by atoms with E-state index in [0.29, 0.717) is 12.2 Å². The van der Waals surface area contributed by atoms with Crippen LogP contribution in [0.5, 0.6) is 0 Å². The standard InChI is InChI=1S/C11H9BrO2/c12-9-6-10(11(13)14-7-9)8-4-2-1-3-5-8/h1-6,9H,7H2. The van der Waals surface area contributed by atoms with Gasteiger partial charge in [0, 0.05) is 0 Å². The third-order valence-electron chi connectivity index (χ3n) is 2.03. The number of hydrogen-bond donors (Lipinski definition) is 0. The van der Waals surface area contributed by atoms with Crippen molar-refractivity contribution in [2.75, 3.05) is 6.61 Å². The summed E-state index contributed by atoms with van der Waals surface area (Å²) in [6.45, 7) is 0.412. The molecule has 0 bridgehead atoms. The molecule has 0 fully saturated rings. The number of carbonyl (C=O) groups excluding carboxylic acids is 1. The van der Waals surface area contributed by atoms with Crippen LogP contribution in [0.2, 0.25) is 0 Å². The van der Waals surface area contributed by atoms with E-state index in [1.807, 2.05) is 36.4 Å². The molecule has 0 spiro atoms. The van der Waals surface area contributed by atoms with E-state index >= 15 is 0 Å². The molecule has 72 valence electrons. The highest BCUT2D eigenvalue weighted by atomic mass is 79.9. The topological polar surface area (TPSA) is 26.3 Å². The van der Waals surface area contributed by atoms with E-state index in [4.69, 9.17) is 4.74 Å². The van der Waals surface area contributed by atoms with Crippen LogP contribution in [0, 0.1) is 0 Å². The highest BCUT2D eigenvalue weighted by Gasteiger charge is 2.20. The molecule has 1 aromatic carbocycles. The largest absolute Gasteiger partial charge is 0.461 e. The lowest BCUT2D eigenvalue weighted by atomic mass is 10.0. The summed E-state index contributed by atoms with van der Waals surface area (Å²) in [5, 5.41) is 0. The number of benzene rings is 1. The summed E-state index contributed by atoms with van der Waals surface area (Å²) >= 11 is 3.40. The van der Waals surface area contributed by atoms with Crippen molar-refractivity contribution < 1.29 is 9.53 Å². The van der Waals surface area contributed by atoms with Gasteiger partial charge < -0.3 is 4.74 Å². The van der Waals surface area contributed by atoms with Crippen molar-refractivity contribution in [1.82, 2.24) is 0 Å². The molecular weight excluding hydrogens is 244 g/mol. The Morgan fingerprint density at radius 1 is 1.29 bits per heavy atom. The van der Waals surface area contributed by atoms with Crippen molar-refractivity contribution >= 4 is 27.5 Å². The van der Waals surface area contributed by atoms with Crippen molar-refractivity contribution in [3.8, 4) is 0 Å². The molecule has 0 amide bonds. The quantitative estimate of drug-likeness (QED) is 0.567. The van der Waals surface area contributed by atoms with Crippen LogP contribution >= 0.6 is 15.9 Å². The van der Waals surface area contributed by atoms with E-state index in [2.05, 4.69) is 15.9 Å². The molecule has 1 atom stereocenters. The molecule has 0 saturated heterocycles. The molecule has 2 rings (SSSR count). The first-order valence-corrected chi connectivity index (χ1v) is 5.27. The molecule has 0 aliphatic carbocycles. The fraction of sp³-hybridized carbons (Fsp3) is 0.182. The maximum Gasteiger partial charge on any atom is 0.338 e. The lowest BCUT2D eigenvalue weighted by Crippen LogP contribution is -2.20. The smallest absolute Gasteiger partial charge is 0.338 e. The van der Waals surface area contributed by atoms with Crippen molar-refractivity contribution in [3.05, 3.63) is 42.0 Å². The summed E-state index contributed by atoms with van der Waals surface area (Å²) in [7, 11) is 0. The van der Waals surface area contributed by atoms with Gasteiger partial charge in [-0.1, -0.05) is 52.3 Å². The normalized spacial score (nSPS) is 21.4. The predicted octanol–water partition coefficient (Wildman–Crippen LogP) is 2.39. The third kappa shape index (κ3) is 1.87. The monoisotopic (exact) mass is 252 g/mol. The first kappa shape index (κ1) is 9.46. The average Bonchev–Trinajstić information content (AvgIpc) is 2.23. The van der Waals surface area contributed by atoms with Gasteiger partial charge in [-0.15, -0.1) is 0 Å². The summed E-state index contributed by atoms with van der Waals surface area (Å²) < 4.78 is 5.00. The number of esters is 1. The van der Waals surface area contributed by atoms with E-state index in [-0.39, 0.29) is 10.8 Å². The zero-order valence-corrected chi connectivity index (χ0v) is 9.03. The summed E-state index contributed by atoms with van der Waals surface area (Å²) in [5.41, 5.74) is 1.54. The maximum atomic E-state index is 11.4. The first-order chi connectivity index (χ1) is 6.77. The Kier molecular flexibility index (Phi) is 2.68. The SMILES string of the molecule is O=C1OCC(Br)C=C1c1ccccc1. The van der Waals surface area contributed by atoms with Gasteiger partial charge in [0.25, 0.3) is 0 Å². The summed E-state index contributed by atoms with van der Waals surface area (Å²) in [6.07, 6.45) is 1.89. The van der Waals surface area contributed by atoms with Crippen molar-refractivity contribution in [3.63, 3.8) is 0 Å². The molecule has 1 heterocycles. The van der Waals surface area contributed by atoms with Gasteiger partial charge in [-0.05, 0) is 5.56 Å². The Bertz CT molecular complexity index is 370. The summed E-state index contributed by atoms with van der Waals surface area (Å²) in [5.74, 6) is -0.244. The number of alkyl halides is 1. The van der Waals surface area contributed by atoms with Crippen LogP contribution in [-0.4, -0.2) is 17.4 Å². The van der Waals surface area contributed by atoms with E-state index in [0.717, 1.165) is 5.56 Å². The second-order valence-corrected chi connectivity index (χ2v) is 4.24. The van der Waals surface area contributed by atoms with E-state index in [9.17, 15) is 4.79 Å². The minimum Gasteiger partial charge on any atom is -0.461 e. The number of ether oxygens (including phenoxy) is 1. The summed E-state index contributed by atoms with van der Waals surface area (Å²) in [6, 6.07) is 9.53. The molecule has 1 aromatic rings. The van der Waals surface area contributed by atoms with Crippen LogP contribution in [0.4, 0.5) is 0 Å². The van der Waals surface area contributed by atoms with Crippen molar-refractivity contribution in [1.29, 1.82) is 0 Å². The van der Waals surface area contributed by atoms with Crippen molar-refractivity contribution in [2.45, 2.75) is 4.83 Å². The Morgan fingerprint density at radius 3 is 2.71 bits per heavy atom. The number of rotatable bonds is 1. The highest BCUT2D eigenvalue weighted by molar-refractivity contribution is 9.09.